The zero-order valence-corrected chi connectivity index (χ0v) is 24.9. The number of alkyl halides is 3. The highest BCUT2D eigenvalue weighted by Gasteiger charge is 2.38. The maximum absolute atomic E-state index is 13.1. The van der Waals surface area contributed by atoms with Gasteiger partial charge in [-0.05, 0) is 89.9 Å². The number of esters is 2. The number of hydrogen-bond acceptors (Lipinski definition) is 7. The summed E-state index contributed by atoms with van der Waals surface area (Å²) in [5, 5.41) is 10.3. The Morgan fingerprint density at radius 2 is 1.16 bits per heavy atom. The Hall–Kier alpha value is -4.51. The van der Waals surface area contributed by atoms with E-state index in [1.807, 2.05) is 72.7 Å². The summed E-state index contributed by atoms with van der Waals surface area (Å²) in [7, 11) is 0. The van der Waals surface area contributed by atoms with Gasteiger partial charge in [0.15, 0.2) is 17.3 Å². The first kappa shape index (κ1) is 34.7. The Morgan fingerprint density at radius 3 is 1.58 bits per heavy atom. The Balaban J connectivity index is 0.000000821. The van der Waals surface area contributed by atoms with Crippen LogP contribution in [0.1, 0.15) is 74.1 Å². The molecule has 0 aliphatic carbocycles. The van der Waals surface area contributed by atoms with Crippen LogP contribution < -0.4 is 14.8 Å². The van der Waals surface area contributed by atoms with Gasteiger partial charge in [-0.1, -0.05) is 35.4 Å². The highest BCUT2D eigenvalue weighted by molar-refractivity contribution is 5.99. The number of rotatable bonds is 7. The number of benzene rings is 3. The van der Waals surface area contributed by atoms with Crippen LogP contribution in [0.15, 0.2) is 54.6 Å². The smallest absolute Gasteiger partial charge is 0.475 e. The molecule has 43 heavy (non-hydrogen) atoms. The summed E-state index contributed by atoms with van der Waals surface area (Å²) >= 11 is 0. The number of carboxylic acid groups (broad SMARTS) is 1. The summed E-state index contributed by atoms with van der Waals surface area (Å²) in [6, 6.07) is 15.5. The predicted molar refractivity (Wildman–Crippen MR) is 154 cm³/mol. The summed E-state index contributed by atoms with van der Waals surface area (Å²) in [6.07, 6.45) is -5.08. The summed E-state index contributed by atoms with van der Waals surface area (Å²) < 4.78 is 43.1. The minimum absolute atomic E-state index is 0.00108. The molecular formula is C32H34F3NO7. The van der Waals surface area contributed by atoms with Crippen molar-refractivity contribution < 1.29 is 46.9 Å². The molecule has 0 aliphatic rings. The van der Waals surface area contributed by atoms with Crippen molar-refractivity contribution in [3.05, 3.63) is 93.5 Å². The van der Waals surface area contributed by atoms with Gasteiger partial charge in [-0.3, -0.25) is 4.79 Å². The lowest BCUT2D eigenvalue weighted by molar-refractivity contribution is -0.192. The van der Waals surface area contributed by atoms with E-state index in [1.54, 1.807) is 18.2 Å². The van der Waals surface area contributed by atoms with Crippen LogP contribution in [0.3, 0.4) is 0 Å². The molecule has 0 spiro atoms. The molecule has 11 heteroatoms. The highest BCUT2D eigenvalue weighted by atomic mass is 19.4. The second-order valence-electron chi connectivity index (χ2n) is 10.9. The number of aliphatic carboxylic acids is 1. The first-order valence-electron chi connectivity index (χ1n) is 13.1. The van der Waals surface area contributed by atoms with Gasteiger partial charge >= 0.3 is 24.1 Å². The molecule has 0 heterocycles. The van der Waals surface area contributed by atoms with Crippen molar-refractivity contribution in [2.24, 2.45) is 0 Å². The zero-order valence-electron chi connectivity index (χ0n) is 24.9. The molecule has 0 fully saturated rings. The van der Waals surface area contributed by atoms with Gasteiger partial charge in [0.05, 0.1) is 17.7 Å². The zero-order chi connectivity index (χ0) is 32.7. The second-order valence-corrected chi connectivity index (χ2v) is 10.9. The lowest BCUT2D eigenvalue weighted by Crippen LogP contribution is -2.39. The van der Waals surface area contributed by atoms with Gasteiger partial charge in [-0.25, -0.2) is 14.4 Å². The van der Waals surface area contributed by atoms with Gasteiger partial charge in [-0.2, -0.15) is 13.2 Å². The number of nitrogens with one attached hydrogen (secondary N) is 1. The van der Waals surface area contributed by atoms with Gasteiger partial charge in [-0.15, -0.1) is 0 Å². The monoisotopic (exact) mass is 601 g/mol. The lowest BCUT2D eigenvalue weighted by atomic mass is 10.1. The fraction of sp³-hybridized carbons (Fsp3) is 0.312. The molecule has 0 aromatic heterocycles. The van der Waals surface area contributed by atoms with Crippen molar-refractivity contribution in [2.45, 2.75) is 60.2 Å². The van der Waals surface area contributed by atoms with Crippen LogP contribution in [0.5, 0.6) is 11.5 Å². The standard InChI is InChI=1S/C30H33NO5.C2HF3O2/c1-18-8-10-20(3)23(14-18)28(33)35-26-13-12-22(25(32)17-31-30(5,6)7)16-27(26)36-29(34)24-15-19(2)9-11-21(24)4;3-2(4,5)1(6)7/h8-16,31H,17H2,1-7H3;(H,6,7). The molecule has 0 unspecified atom stereocenters. The molecule has 2 N–H and O–H groups in total. The maximum Gasteiger partial charge on any atom is 0.490 e. The number of halogens is 3. The van der Waals surface area contributed by atoms with Gasteiger partial charge in [0.2, 0.25) is 0 Å². The van der Waals surface area contributed by atoms with E-state index in [2.05, 4.69) is 5.32 Å². The summed E-state index contributed by atoms with van der Waals surface area (Å²) in [6.45, 7) is 13.4. The third kappa shape index (κ3) is 10.7. The number of ketones is 1. The molecule has 3 rings (SSSR count). The maximum atomic E-state index is 13.1. The first-order chi connectivity index (χ1) is 19.8. The van der Waals surface area contributed by atoms with E-state index in [9.17, 15) is 27.6 Å². The number of ether oxygens (including phenoxy) is 2. The molecule has 230 valence electrons. The summed E-state index contributed by atoms with van der Waals surface area (Å²) in [5.74, 6) is -4.05. The van der Waals surface area contributed by atoms with E-state index in [-0.39, 0.29) is 29.4 Å². The molecule has 0 bridgehead atoms. The van der Waals surface area contributed by atoms with Crippen LogP contribution in [-0.4, -0.2) is 47.1 Å². The molecule has 8 nitrogen and oxygen atoms in total. The third-order valence-electron chi connectivity index (χ3n) is 5.92. The molecule has 3 aromatic rings. The van der Waals surface area contributed by atoms with Crippen LogP contribution in [0.4, 0.5) is 13.2 Å². The first-order valence-corrected chi connectivity index (χ1v) is 13.1. The van der Waals surface area contributed by atoms with Crippen molar-refractivity contribution in [1.29, 1.82) is 0 Å². The van der Waals surface area contributed by atoms with E-state index < -0.39 is 24.1 Å². The molecule has 0 amide bonds. The Labute approximate surface area is 247 Å². The van der Waals surface area contributed by atoms with E-state index in [0.29, 0.717) is 16.7 Å². The molecule has 0 aliphatic heterocycles. The van der Waals surface area contributed by atoms with Gasteiger partial charge in [0.1, 0.15) is 0 Å². The minimum Gasteiger partial charge on any atom is -0.475 e. The van der Waals surface area contributed by atoms with E-state index >= 15 is 0 Å². The van der Waals surface area contributed by atoms with Gasteiger partial charge < -0.3 is 19.9 Å². The molecule has 0 atom stereocenters. The van der Waals surface area contributed by atoms with E-state index in [4.69, 9.17) is 19.4 Å². The number of carboxylic acids is 1. The van der Waals surface area contributed by atoms with Crippen LogP contribution in [0.25, 0.3) is 0 Å². The average molecular weight is 602 g/mol. The fourth-order valence-electron chi connectivity index (χ4n) is 3.51. The molecule has 0 saturated heterocycles. The molecular weight excluding hydrogens is 567 g/mol. The SMILES string of the molecule is Cc1ccc(C)c(C(=O)Oc2ccc(C(=O)CNC(C)(C)C)cc2OC(=O)c2cc(C)ccc2C)c1.O=C(O)C(F)(F)F. The van der Waals surface area contributed by atoms with Gasteiger partial charge in [0, 0.05) is 11.1 Å². The number of aryl methyl sites for hydroxylation is 4. The number of hydrogen-bond donors (Lipinski definition) is 2. The van der Waals surface area contributed by atoms with Crippen LogP contribution >= 0.6 is 0 Å². The summed E-state index contributed by atoms with van der Waals surface area (Å²) in [4.78, 5) is 47.8. The largest absolute Gasteiger partial charge is 0.490 e. The van der Waals surface area contributed by atoms with Crippen LogP contribution in [-0.2, 0) is 4.79 Å². The number of Topliss-reactive ketones (excluding diaryl/α,β-unsaturated/α-hetero) is 1. The highest BCUT2D eigenvalue weighted by Crippen LogP contribution is 2.31. The number of carbonyl (C=O) groups excluding carboxylic acids is 3. The van der Waals surface area contributed by atoms with Crippen molar-refractivity contribution in [1.82, 2.24) is 5.32 Å². The third-order valence-corrected chi connectivity index (χ3v) is 5.92. The van der Waals surface area contributed by atoms with Crippen LogP contribution in [0.2, 0.25) is 0 Å². The van der Waals surface area contributed by atoms with Crippen molar-refractivity contribution in [2.75, 3.05) is 6.54 Å². The molecule has 3 aromatic carbocycles. The quantitative estimate of drug-likeness (QED) is 0.178. The van der Waals surface area contributed by atoms with E-state index in [0.717, 1.165) is 22.3 Å². The minimum atomic E-state index is -5.08. The lowest BCUT2D eigenvalue weighted by Gasteiger charge is -2.20. The van der Waals surface area contributed by atoms with E-state index in [1.165, 1.54) is 12.1 Å². The molecule has 0 saturated carbocycles. The Kier molecular flexibility index (Phi) is 11.4. The van der Waals surface area contributed by atoms with Crippen molar-refractivity contribution in [3.63, 3.8) is 0 Å². The van der Waals surface area contributed by atoms with Crippen LogP contribution in [0, 0.1) is 27.7 Å². The normalized spacial score (nSPS) is 11.2. The fourth-order valence-corrected chi connectivity index (χ4v) is 3.51. The number of carbonyl (C=O) groups is 4. The van der Waals surface area contributed by atoms with Crippen molar-refractivity contribution >= 4 is 23.7 Å². The Bertz CT molecular complexity index is 1520. The topological polar surface area (TPSA) is 119 Å². The average Bonchev–Trinajstić information content (AvgIpc) is 2.90. The van der Waals surface area contributed by atoms with Crippen molar-refractivity contribution in [3.8, 4) is 11.5 Å². The second kappa shape index (κ2) is 14.1. The summed E-state index contributed by atoms with van der Waals surface area (Å²) in [5.41, 5.74) is 4.24. The predicted octanol–water partition coefficient (Wildman–Crippen LogP) is 6.56. The molecule has 0 radical (unpaired) electrons. The van der Waals surface area contributed by atoms with Gasteiger partial charge in [0.25, 0.3) is 0 Å². The Morgan fingerprint density at radius 1 is 0.721 bits per heavy atom.